The van der Waals surface area contributed by atoms with Crippen molar-refractivity contribution in [1.29, 1.82) is 0 Å². The van der Waals surface area contributed by atoms with Crippen LogP contribution in [0.3, 0.4) is 0 Å². The van der Waals surface area contributed by atoms with E-state index in [0.717, 1.165) is 28.5 Å². The van der Waals surface area contributed by atoms with E-state index in [1.807, 2.05) is 0 Å². The molecule has 0 rings (SSSR count). The summed E-state index contributed by atoms with van der Waals surface area (Å²) in [5, 5.41) is 13.5. The predicted molar refractivity (Wildman–Crippen MR) is 107 cm³/mol. The maximum atomic E-state index is 12.3. The minimum absolute atomic E-state index is 0.0429. The van der Waals surface area contributed by atoms with Gasteiger partial charge in [0.1, 0.15) is 18.6 Å². The lowest BCUT2D eigenvalue weighted by molar-refractivity contribution is -0.143. The van der Waals surface area contributed by atoms with Gasteiger partial charge in [0.15, 0.2) is 5.78 Å². The van der Waals surface area contributed by atoms with Gasteiger partial charge >= 0.3 is 11.9 Å². The Bertz CT molecular complexity index is 629. The summed E-state index contributed by atoms with van der Waals surface area (Å²) in [6.45, 7) is 2.53. The van der Waals surface area contributed by atoms with Crippen molar-refractivity contribution in [3.8, 4) is 0 Å². The predicted octanol–water partition coefficient (Wildman–Crippen LogP) is -1.12. The number of nitrogens with one attached hydrogen (secondary N) is 2. The second-order valence-electron chi connectivity index (χ2n) is 5.65. The van der Waals surface area contributed by atoms with Crippen LogP contribution in [-0.2, 0) is 33.5 Å². The van der Waals surface area contributed by atoms with Crippen molar-refractivity contribution >= 4 is 56.9 Å². The summed E-state index contributed by atoms with van der Waals surface area (Å²) in [4.78, 5) is 68.6. The Morgan fingerprint density at radius 2 is 1.79 bits per heavy atom. The Kier molecular flexibility index (Phi) is 13.7. The summed E-state index contributed by atoms with van der Waals surface area (Å²) in [6.07, 6.45) is -0.330. The number of carboxylic acids is 1. The van der Waals surface area contributed by atoms with Gasteiger partial charge < -0.3 is 26.2 Å². The van der Waals surface area contributed by atoms with Crippen LogP contribution in [0.15, 0.2) is 0 Å². The lowest BCUT2D eigenvalue weighted by atomic mass is 10.1. The van der Waals surface area contributed by atoms with Crippen LogP contribution < -0.4 is 16.4 Å². The largest absolute Gasteiger partial charge is 0.480 e. The van der Waals surface area contributed by atoms with Crippen LogP contribution in [0.1, 0.15) is 26.7 Å². The molecule has 0 aliphatic carbocycles. The average molecular weight is 452 g/mol. The van der Waals surface area contributed by atoms with Crippen LogP contribution in [0.4, 0.5) is 0 Å². The molecule has 2 unspecified atom stereocenters. The van der Waals surface area contributed by atoms with Gasteiger partial charge in [-0.25, -0.2) is 0 Å². The Morgan fingerprint density at radius 3 is 2.34 bits per heavy atom. The number of carbonyl (C=O) groups is 6. The number of esters is 1. The van der Waals surface area contributed by atoms with E-state index < -0.39 is 47.4 Å². The first kappa shape index (κ1) is 26.9. The lowest BCUT2D eigenvalue weighted by Gasteiger charge is -2.18. The monoisotopic (exact) mass is 451 g/mol. The molecular formula is C16H25N3O8S2. The van der Waals surface area contributed by atoms with E-state index in [1.54, 1.807) is 6.92 Å². The van der Waals surface area contributed by atoms with Crippen molar-refractivity contribution in [2.45, 2.75) is 38.8 Å². The lowest BCUT2D eigenvalue weighted by Crippen LogP contribution is -2.49. The minimum atomic E-state index is -1.25. The van der Waals surface area contributed by atoms with E-state index in [0.29, 0.717) is 0 Å². The maximum Gasteiger partial charge on any atom is 0.325 e. The summed E-state index contributed by atoms with van der Waals surface area (Å²) >= 11 is 0. The molecule has 13 heteroatoms. The van der Waals surface area contributed by atoms with Crippen molar-refractivity contribution in [2.75, 3.05) is 24.7 Å². The fourth-order valence-corrected chi connectivity index (χ4v) is 3.80. The van der Waals surface area contributed by atoms with E-state index in [1.165, 1.54) is 0 Å². The highest BCUT2D eigenvalue weighted by Gasteiger charge is 2.23. The highest BCUT2D eigenvalue weighted by atomic mass is 33.1. The first-order chi connectivity index (χ1) is 13.6. The number of Topliss-reactive ketones (excluding diaryl/α,β-unsaturated/α-hetero) is 2. The van der Waals surface area contributed by atoms with Crippen molar-refractivity contribution in [1.82, 2.24) is 10.6 Å². The van der Waals surface area contributed by atoms with E-state index in [4.69, 9.17) is 15.6 Å². The van der Waals surface area contributed by atoms with E-state index in [2.05, 4.69) is 10.6 Å². The maximum absolute atomic E-state index is 12.3. The number of carboxylic acid groups (broad SMARTS) is 1. The molecule has 5 N–H and O–H groups in total. The normalized spacial score (nSPS) is 12.4. The Hall–Kier alpha value is -2.12. The summed E-state index contributed by atoms with van der Waals surface area (Å²) in [6, 6.07) is -2.26. The molecule has 0 fully saturated rings. The number of amides is 2. The number of ketones is 2. The number of nitrogens with two attached hydrogens (primary N) is 1. The number of hydrogen-bond acceptors (Lipinski definition) is 10. The second kappa shape index (κ2) is 14.8. The highest BCUT2D eigenvalue weighted by Crippen LogP contribution is 2.22. The van der Waals surface area contributed by atoms with Crippen molar-refractivity contribution in [3.05, 3.63) is 0 Å². The molecule has 2 amide bonds. The van der Waals surface area contributed by atoms with Gasteiger partial charge in [0, 0.05) is 19.1 Å². The summed E-state index contributed by atoms with van der Waals surface area (Å²) in [7, 11) is 2.13. The number of ether oxygens (including phenoxy) is 1. The van der Waals surface area contributed by atoms with Crippen molar-refractivity contribution in [2.24, 2.45) is 5.73 Å². The molecule has 0 bridgehead atoms. The summed E-state index contributed by atoms with van der Waals surface area (Å²) in [5.41, 5.74) is 5.34. The molecule has 0 spiro atoms. The highest BCUT2D eigenvalue weighted by molar-refractivity contribution is 8.76. The molecule has 2 atom stereocenters. The molecule has 0 aromatic rings. The van der Waals surface area contributed by atoms with Gasteiger partial charge in [0.2, 0.25) is 17.6 Å². The summed E-state index contributed by atoms with van der Waals surface area (Å²) < 4.78 is 4.70. The fourth-order valence-electron chi connectivity index (χ4n) is 1.67. The third kappa shape index (κ3) is 12.9. The summed E-state index contributed by atoms with van der Waals surface area (Å²) in [5.74, 6) is -4.33. The van der Waals surface area contributed by atoms with Gasteiger partial charge in [0.05, 0.1) is 12.4 Å². The molecule has 0 aromatic heterocycles. The molecule has 0 aromatic carbocycles. The Morgan fingerprint density at radius 1 is 1.14 bits per heavy atom. The Labute approximate surface area is 175 Å². The number of carbonyl (C=O) groups excluding carboxylic acids is 5. The molecule has 11 nitrogen and oxygen atoms in total. The second-order valence-corrected chi connectivity index (χ2v) is 8.16. The fraction of sp³-hybridized carbons (Fsp3) is 0.625. The van der Waals surface area contributed by atoms with Gasteiger partial charge in [-0.15, -0.1) is 0 Å². The minimum Gasteiger partial charge on any atom is -0.480 e. The first-order valence-electron chi connectivity index (χ1n) is 8.57. The molecule has 0 saturated heterocycles. The molecule has 164 valence electrons. The van der Waals surface area contributed by atoms with Gasteiger partial charge in [-0.2, -0.15) is 0 Å². The standard InChI is InChI=1S/C16H25N3O8S2/c1-3-27-14(23)6-18-15(24)11(7-28-29-8-12(21)9(2)20)19-13(22)5-4-10(17)16(25)26/h10-11H,3-8,17H2,1-2H3,(H,18,24)(H,19,22)(H,25,26). The average Bonchev–Trinajstić information content (AvgIpc) is 2.66. The number of aliphatic carboxylic acids is 1. The topological polar surface area (TPSA) is 182 Å². The zero-order valence-electron chi connectivity index (χ0n) is 16.1. The van der Waals surface area contributed by atoms with Crippen LogP contribution in [0.2, 0.25) is 0 Å². The number of hydrogen-bond donors (Lipinski definition) is 4. The quantitative estimate of drug-likeness (QED) is 0.102. The Balaban J connectivity index is 4.72. The van der Waals surface area contributed by atoms with Crippen LogP contribution >= 0.6 is 21.6 Å². The van der Waals surface area contributed by atoms with Crippen LogP contribution in [-0.4, -0.2) is 77.2 Å². The van der Waals surface area contributed by atoms with Gasteiger partial charge in [-0.05, 0) is 13.3 Å². The third-order valence-corrected chi connectivity index (χ3v) is 5.54. The zero-order valence-corrected chi connectivity index (χ0v) is 17.7. The molecule has 0 aliphatic rings. The van der Waals surface area contributed by atoms with E-state index >= 15 is 0 Å². The van der Waals surface area contributed by atoms with Gasteiger partial charge in [0.25, 0.3) is 0 Å². The molecule has 0 heterocycles. The first-order valence-corrected chi connectivity index (χ1v) is 11.1. The molecular weight excluding hydrogens is 426 g/mol. The molecule has 29 heavy (non-hydrogen) atoms. The van der Waals surface area contributed by atoms with E-state index in [-0.39, 0.29) is 37.5 Å². The molecule has 0 aliphatic heterocycles. The van der Waals surface area contributed by atoms with Gasteiger partial charge in [-0.1, -0.05) is 21.6 Å². The van der Waals surface area contributed by atoms with Crippen molar-refractivity contribution < 1.29 is 38.6 Å². The third-order valence-electron chi connectivity index (χ3n) is 3.26. The molecule has 0 saturated carbocycles. The molecule has 0 radical (unpaired) electrons. The van der Waals surface area contributed by atoms with Crippen molar-refractivity contribution in [3.63, 3.8) is 0 Å². The van der Waals surface area contributed by atoms with Gasteiger partial charge in [-0.3, -0.25) is 28.8 Å². The number of rotatable bonds is 15. The van der Waals surface area contributed by atoms with Crippen LogP contribution in [0, 0.1) is 0 Å². The zero-order chi connectivity index (χ0) is 22.4. The van der Waals surface area contributed by atoms with Crippen LogP contribution in [0.25, 0.3) is 0 Å². The van der Waals surface area contributed by atoms with E-state index in [9.17, 15) is 28.8 Å². The van der Waals surface area contributed by atoms with Crippen LogP contribution in [0.5, 0.6) is 0 Å². The SMILES string of the molecule is CCOC(=O)CNC(=O)C(CSSCC(=O)C(C)=O)NC(=O)CCC(N)C(=O)O. The smallest absolute Gasteiger partial charge is 0.325 e.